The van der Waals surface area contributed by atoms with Gasteiger partial charge in [0.1, 0.15) is 11.6 Å². The van der Waals surface area contributed by atoms with Crippen LogP contribution in [0.3, 0.4) is 0 Å². The van der Waals surface area contributed by atoms with E-state index in [1.165, 1.54) is 62.3 Å². The Kier molecular flexibility index (Phi) is 3.00. The van der Waals surface area contributed by atoms with Gasteiger partial charge < -0.3 is 4.90 Å². The fourth-order valence-electron chi connectivity index (χ4n) is 2.97. The molecule has 0 aromatic carbocycles. The second-order valence-corrected chi connectivity index (χ2v) is 5.14. The van der Waals surface area contributed by atoms with E-state index in [9.17, 15) is 0 Å². The van der Waals surface area contributed by atoms with Crippen molar-refractivity contribution in [2.24, 2.45) is 0 Å². The second kappa shape index (κ2) is 4.63. The smallest absolute Gasteiger partial charge is 0.135 e. The largest absolute Gasteiger partial charge is 0.356 e. The van der Waals surface area contributed by atoms with E-state index in [-0.39, 0.29) is 0 Å². The summed E-state index contributed by atoms with van der Waals surface area (Å²) in [4.78, 5) is 12.0. The first kappa shape index (κ1) is 11.0. The van der Waals surface area contributed by atoms with Gasteiger partial charge in [-0.05, 0) is 38.5 Å². The highest BCUT2D eigenvalue weighted by Crippen LogP contribution is 2.29. The summed E-state index contributed by atoms with van der Waals surface area (Å²) in [7, 11) is 0. The fraction of sp³-hybridized carbons (Fsp3) is 0.714. The van der Waals surface area contributed by atoms with Crippen LogP contribution in [0.5, 0.6) is 0 Å². The molecule has 1 saturated heterocycles. The molecule has 3 heteroatoms. The normalized spacial score (nSPS) is 19.5. The summed E-state index contributed by atoms with van der Waals surface area (Å²) in [6.07, 6.45) is 8.54. The molecule has 0 unspecified atom stereocenters. The summed E-state index contributed by atoms with van der Waals surface area (Å²) in [5.41, 5.74) is 2.79. The predicted molar refractivity (Wildman–Crippen MR) is 69.5 cm³/mol. The van der Waals surface area contributed by atoms with Gasteiger partial charge in [0.25, 0.3) is 0 Å². The molecule has 2 aliphatic rings. The lowest BCUT2D eigenvalue weighted by Crippen LogP contribution is -2.24. The number of anilines is 1. The number of aryl methyl sites for hydroxylation is 2. The zero-order valence-electron chi connectivity index (χ0n) is 10.7. The third-order valence-corrected chi connectivity index (χ3v) is 3.93. The summed E-state index contributed by atoms with van der Waals surface area (Å²) in [6, 6.07) is 0. The predicted octanol–water partition coefficient (Wildman–Crippen LogP) is 2.52. The van der Waals surface area contributed by atoms with Crippen LogP contribution in [0.25, 0.3) is 0 Å². The minimum Gasteiger partial charge on any atom is -0.356 e. The molecule has 1 aliphatic carbocycles. The van der Waals surface area contributed by atoms with Gasteiger partial charge in [0, 0.05) is 30.8 Å². The van der Waals surface area contributed by atoms with Crippen LogP contribution in [0.4, 0.5) is 5.82 Å². The van der Waals surface area contributed by atoms with Gasteiger partial charge in [-0.2, -0.15) is 0 Å². The minimum absolute atomic E-state index is 0.952. The molecule has 0 N–H and O–H groups in total. The van der Waals surface area contributed by atoms with Crippen LogP contribution < -0.4 is 4.90 Å². The second-order valence-electron chi connectivity index (χ2n) is 5.14. The zero-order valence-corrected chi connectivity index (χ0v) is 10.7. The van der Waals surface area contributed by atoms with Crippen LogP contribution in [0.15, 0.2) is 0 Å². The molecule has 0 saturated carbocycles. The van der Waals surface area contributed by atoms with Crippen LogP contribution in [-0.4, -0.2) is 23.1 Å². The number of hydrogen-bond acceptors (Lipinski definition) is 3. The topological polar surface area (TPSA) is 29.0 Å². The molecule has 3 rings (SSSR count). The Morgan fingerprint density at radius 1 is 1.00 bits per heavy atom. The molecule has 0 radical (unpaired) electrons. The number of hydrogen-bond donors (Lipinski definition) is 0. The van der Waals surface area contributed by atoms with Gasteiger partial charge in [-0.25, -0.2) is 9.97 Å². The Bertz CT molecular complexity index is 408. The first-order valence-electron chi connectivity index (χ1n) is 7.02. The van der Waals surface area contributed by atoms with E-state index in [1.807, 2.05) is 0 Å². The third-order valence-electron chi connectivity index (χ3n) is 3.93. The molecule has 3 nitrogen and oxygen atoms in total. The van der Waals surface area contributed by atoms with Gasteiger partial charge in [-0.15, -0.1) is 0 Å². The Morgan fingerprint density at radius 2 is 1.76 bits per heavy atom. The maximum Gasteiger partial charge on any atom is 0.135 e. The van der Waals surface area contributed by atoms with E-state index < -0.39 is 0 Å². The Morgan fingerprint density at radius 3 is 2.53 bits per heavy atom. The summed E-state index contributed by atoms with van der Waals surface area (Å²) in [5, 5.41) is 0. The lowest BCUT2D eigenvalue weighted by Gasteiger charge is -2.25. The van der Waals surface area contributed by atoms with E-state index in [4.69, 9.17) is 9.97 Å². The molecule has 1 aromatic heterocycles. The van der Waals surface area contributed by atoms with Crippen LogP contribution in [0, 0.1) is 0 Å². The highest BCUT2D eigenvalue weighted by atomic mass is 15.2. The van der Waals surface area contributed by atoms with Crippen molar-refractivity contribution >= 4 is 5.82 Å². The molecule has 1 aromatic rings. The molecule has 0 spiro atoms. The Balaban J connectivity index is 2.04. The fourth-order valence-corrected chi connectivity index (χ4v) is 2.97. The minimum atomic E-state index is 0.952. The average molecular weight is 231 g/mol. The van der Waals surface area contributed by atoms with Crippen molar-refractivity contribution in [3.05, 3.63) is 17.1 Å². The van der Waals surface area contributed by atoms with Crippen LogP contribution in [0.2, 0.25) is 0 Å². The van der Waals surface area contributed by atoms with E-state index in [2.05, 4.69) is 11.8 Å². The van der Waals surface area contributed by atoms with Gasteiger partial charge in [0.05, 0.1) is 0 Å². The van der Waals surface area contributed by atoms with Gasteiger partial charge in [-0.1, -0.05) is 6.92 Å². The molecule has 1 fully saturated rings. The molecule has 17 heavy (non-hydrogen) atoms. The van der Waals surface area contributed by atoms with Crippen molar-refractivity contribution in [1.29, 1.82) is 0 Å². The summed E-state index contributed by atoms with van der Waals surface area (Å²) >= 11 is 0. The third kappa shape index (κ3) is 2.03. The van der Waals surface area contributed by atoms with Crippen LogP contribution in [-0.2, 0) is 19.3 Å². The number of rotatable bonds is 2. The van der Waals surface area contributed by atoms with Crippen molar-refractivity contribution in [1.82, 2.24) is 9.97 Å². The highest BCUT2D eigenvalue weighted by molar-refractivity contribution is 5.51. The van der Waals surface area contributed by atoms with Crippen molar-refractivity contribution in [3.8, 4) is 0 Å². The van der Waals surface area contributed by atoms with Crippen molar-refractivity contribution in [2.45, 2.75) is 51.9 Å². The van der Waals surface area contributed by atoms with Crippen LogP contribution >= 0.6 is 0 Å². The van der Waals surface area contributed by atoms with E-state index in [0.717, 1.165) is 18.7 Å². The molecule has 0 atom stereocenters. The monoisotopic (exact) mass is 231 g/mol. The lowest BCUT2D eigenvalue weighted by atomic mass is 9.96. The quantitative estimate of drug-likeness (QED) is 0.783. The standard InChI is InChI=1S/C14H21N3/c1-2-13-15-12-8-4-3-7-11(12)14(16-13)17-9-5-6-10-17/h2-10H2,1H3. The molecular weight excluding hydrogens is 210 g/mol. The van der Waals surface area contributed by atoms with Crippen LogP contribution in [0.1, 0.15) is 49.7 Å². The molecule has 92 valence electrons. The Labute approximate surface area is 103 Å². The Hall–Kier alpha value is -1.12. The maximum atomic E-state index is 4.80. The van der Waals surface area contributed by atoms with Gasteiger partial charge >= 0.3 is 0 Å². The summed E-state index contributed by atoms with van der Waals surface area (Å²) in [5.74, 6) is 2.30. The number of fused-ring (bicyclic) bond motifs is 1. The van der Waals surface area contributed by atoms with E-state index in [0.29, 0.717) is 0 Å². The summed E-state index contributed by atoms with van der Waals surface area (Å²) in [6.45, 7) is 4.53. The molecule has 2 heterocycles. The van der Waals surface area contributed by atoms with Crippen molar-refractivity contribution in [2.75, 3.05) is 18.0 Å². The van der Waals surface area contributed by atoms with E-state index in [1.54, 1.807) is 0 Å². The van der Waals surface area contributed by atoms with Gasteiger partial charge in [-0.3, -0.25) is 0 Å². The van der Waals surface area contributed by atoms with Gasteiger partial charge in [0.2, 0.25) is 0 Å². The zero-order chi connectivity index (χ0) is 11.7. The molecule has 1 aliphatic heterocycles. The first-order valence-corrected chi connectivity index (χ1v) is 7.02. The first-order chi connectivity index (χ1) is 8.38. The van der Waals surface area contributed by atoms with Gasteiger partial charge in [0.15, 0.2) is 0 Å². The van der Waals surface area contributed by atoms with Crippen molar-refractivity contribution < 1.29 is 0 Å². The summed E-state index contributed by atoms with van der Waals surface area (Å²) < 4.78 is 0. The SMILES string of the molecule is CCc1nc2c(c(N3CCCC3)n1)CCCC2. The molecule has 0 bridgehead atoms. The molecule has 0 amide bonds. The van der Waals surface area contributed by atoms with Crippen molar-refractivity contribution in [3.63, 3.8) is 0 Å². The average Bonchev–Trinajstić information content (AvgIpc) is 2.91. The number of aromatic nitrogens is 2. The number of nitrogens with zero attached hydrogens (tertiary/aromatic N) is 3. The highest BCUT2D eigenvalue weighted by Gasteiger charge is 2.22. The molecular formula is C14H21N3. The van der Waals surface area contributed by atoms with E-state index >= 15 is 0 Å². The maximum absolute atomic E-state index is 4.80. The lowest BCUT2D eigenvalue weighted by molar-refractivity contribution is 0.650.